The van der Waals surface area contributed by atoms with E-state index in [-0.39, 0.29) is 5.69 Å². The second-order valence-corrected chi connectivity index (χ2v) is 7.03. The van der Waals surface area contributed by atoms with Crippen LogP contribution in [0.25, 0.3) is 10.9 Å². The Bertz CT molecular complexity index is 1210. The van der Waals surface area contributed by atoms with E-state index in [0.29, 0.717) is 16.3 Å². The standard InChI is InChI=1S/C23H16ClF2N3O/c24-15-11-9-14(10-12-15)22(28-20-8-1-5-17(25)21(20)26)23(30)29-19-7-2-6-18-16(19)4-3-13-27-18/h1-13,22,28H,(H,29,30). The summed E-state index contributed by atoms with van der Waals surface area (Å²) in [5.74, 6) is -2.51. The fourth-order valence-corrected chi connectivity index (χ4v) is 3.27. The Morgan fingerprint density at radius 2 is 1.63 bits per heavy atom. The summed E-state index contributed by atoms with van der Waals surface area (Å²) in [6, 6.07) is 18.3. The van der Waals surface area contributed by atoms with Crippen LogP contribution in [0, 0.1) is 11.6 Å². The highest BCUT2D eigenvalue weighted by Crippen LogP contribution is 2.27. The molecule has 1 unspecified atom stereocenters. The number of nitrogens with zero attached hydrogens (tertiary/aromatic N) is 1. The third-order valence-electron chi connectivity index (χ3n) is 4.62. The summed E-state index contributed by atoms with van der Waals surface area (Å²) in [6.07, 6.45) is 1.67. The van der Waals surface area contributed by atoms with Crippen LogP contribution in [0.2, 0.25) is 5.02 Å². The number of hydrogen-bond acceptors (Lipinski definition) is 3. The molecule has 0 bridgehead atoms. The van der Waals surface area contributed by atoms with Gasteiger partial charge in [-0.2, -0.15) is 0 Å². The van der Waals surface area contributed by atoms with Gasteiger partial charge in [0, 0.05) is 16.6 Å². The molecule has 150 valence electrons. The minimum atomic E-state index is -1.06. The van der Waals surface area contributed by atoms with Crippen molar-refractivity contribution in [2.75, 3.05) is 10.6 Å². The minimum absolute atomic E-state index is 0.121. The molecule has 7 heteroatoms. The number of hydrogen-bond donors (Lipinski definition) is 2. The van der Waals surface area contributed by atoms with Crippen LogP contribution >= 0.6 is 11.6 Å². The van der Waals surface area contributed by atoms with Gasteiger partial charge in [0.05, 0.1) is 16.9 Å². The van der Waals surface area contributed by atoms with E-state index in [0.717, 1.165) is 17.0 Å². The van der Waals surface area contributed by atoms with Gasteiger partial charge in [0.2, 0.25) is 0 Å². The van der Waals surface area contributed by atoms with Crippen molar-refractivity contribution in [3.05, 3.63) is 101 Å². The number of carbonyl (C=O) groups is 1. The van der Waals surface area contributed by atoms with E-state index in [2.05, 4.69) is 15.6 Å². The first-order valence-corrected chi connectivity index (χ1v) is 9.51. The number of aromatic nitrogens is 1. The number of anilines is 2. The van der Waals surface area contributed by atoms with Crippen LogP contribution in [0.5, 0.6) is 0 Å². The number of carbonyl (C=O) groups excluding carboxylic acids is 1. The highest BCUT2D eigenvalue weighted by atomic mass is 35.5. The number of pyridine rings is 1. The Labute approximate surface area is 176 Å². The van der Waals surface area contributed by atoms with Crippen LogP contribution < -0.4 is 10.6 Å². The van der Waals surface area contributed by atoms with Crippen molar-refractivity contribution in [3.63, 3.8) is 0 Å². The molecule has 0 radical (unpaired) electrons. The Morgan fingerprint density at radius 3 is 2.43 bits per heavy atom. The Kier molecular flexibility index (Phi) is 5.59. The molecule has 0 fully saturated rings. The predicted octanol–water partition coefficient (Wildman–Crippen LogP) is 5.96. The summed E-state index contributed by atoms with van der Waals surface area (Å²) in [5.41, 5.74) is 1.71. The van der Waals surface area contributed by atoms with Gasteiger partial charge in [-0.05, 0) is 54.1 Å². The molecular weight excluding hydrogens is 408 g/mol. The minimum Gasteiger partial charge on any atom is -0.368 e. The fourth-order valence-electron chi connectivity index (χ4n) is 3.14. The second kappa shape index (κ2) is 8.47. The zero-order valence-corrected chi connectivity index (χ0v) is 16.3. The maximum Gasteiger partial charge on any atom is 0.251 e. The zero-order chi connectivity index (χ0) is 21.1. The van der Waals surface area contributed by atoms with Gasteiger partial charge in [0.15, 0.2) is 11.6 Å². The van der Waals surface area contributed by atoms with Gasteiger partial charge in [-0.3, -0.25) is 9.78 Å². The number of halogens is 3. The molecule has 2 N–H and O–H groups in total. The Morgan fingerprint density at radius 1 is 0.900 bits per heavy atom. The summed E-state index contributed by atoms with van der Waals surface area (Å²) < 4.78 is 27.9. The van der Waals surface area contributed by atoms with E-state index in [4.69, 9.17) is 11.6 Å². The summed E-state index contributed by atoms with van der Waals surface area (Å²) in [7, 11) is 0. The quantitative estimate of drug-likeness (QED) is 0.416. The molecule has 0 saturated carbocycles. The first-order valence-electron chi connectivity index (χ1n) is 9.13. The summed E-state index contributed by atoms with van der Waals surface area (Å²) in [4.78, 5) is 17.5. The number of benzene rings is 3. The number of nitrogens with one attached hydrogen (secondary N) is 2. The molecule has 0 spiro atoms. The van der Waals surface area contributed by atoms with Crippen molar-refractivity contribution < 1.29 is 13.6 Å². The van der Waals surface area contributed by atoms with Crippen molar-refractivity contribution in [3.8, 4) is 0 Å². The lowest BCUT2D eigenvalue weighted by Gasteiger charge is -2.21. The van der Waals surface area contributed by atoms with E-state index < -0.39 is 23.6 Å². The smallest absolute Gasteiger partial charge is 0.251 e. The van der Waals surface area contributed by atoms with Gasteiger partial charge in [0.1, 0.15) is 6.04 Å². The van der Waals surface area contributed by atoms with Gasteiger partial charge in [-0.1, -0.05) is 35.9 Å². The molecule has 3 aromatic carbocycles. The number of amides is 1. The van der Waals surface area contributed by atoms with E-state index in [1.165, 1.54) is 12.1 Å². The van der Waals surface area contributed by atoms with Crippen molar-refractivity contribution in [1.29, 1.82) is 0 Å². The first kappa shape index (κ1) is 19.8. The molecule has 4 rings (SSSR count). The maximum atomic E-state index is 14.2. The SMILES string of the molecule is O=C(Nc1cccc2ncccc12)C(Nc1cccc(F)c1F)c1ccc(Cl)cc1. The molecular formula is C23H16ClF2N3O. The molecule has 1 atom stereocenters. The van der Waals surface area contributed by atoms with Crippen molar-refractivity contribution >= 4 is 39.8 Å². The monoisotopic (exact) mass is 423 g/mol. The lowest BCUT2D eigenvalue weighted by molar-refractivity contribution is -0.117. The van der Waals surface area contributed by atoms with E-state index >= 15 is 0 Å². The summed E-state index contributed by atoms with van der Waals surface area (Å²) in [6.45, 7) is 0. The maximum absolute atomic E-state index is 14.2. The highest BCUT2D eigenvalue weighted by molar-refractivity contribution is 6.30. The first-order chi connectivity index (χ1) is 14.5. The lowest BCUT2D eigenvalue weighted by atomic mass is 10.0. The van der Waals surface area contributed by atoms with E-state index in [9.17, 15) is 13.6 Å². The summed E-state index contributed by atoms with van der Waals surface area (Å²) >= 11 is 5.96. The summed E-state index contributed by atoms with van der Waals surface area (Å²) in [5, 5.41) is 6.93. The molecule has 1 heterocycles. The molecule has 30 heavy (non-hydrogen) atoms. The van der Waals surface area contributed by atoms with Gasteiger partial charge >= 0.3 is 0 Å². The van der Waals surface area contributed by atoms with Crippen molar-refractivity contribution in [2.45, 2.75) is 6.04 Å². The van der Waals surface area contributed by atoms with E-state index in [1.807, 2.05) is 12.1 Å². The van der Waals surface area contributed by atoms with Crippen LogP contribution in [-0.2, 0) is 4.79 Å². The molecule has 1 amide bonds. The van der Waals surface area contributed by atoms with Crippen LogP contribution in [0.15, 0.2) is 79.0 Å². The second-order valence-electron chi connectivity index (χ2n) is 6.60. The average Bonchev–Trinajstić information content (AvgIpc) is 2.76. The third kappa shape index (κ3) is 4.09. The average molecular weight is 424 g/mol. The zero-order valence-electron chi connectivity index (χ0n) is 15.6. The third-order valence-corrected chi connectivity index (χ3v) is 4.87. The van der Waals surface area contributed by atoms with Crippen molar-refractivity contribution in [1.82, 2.24) is 4.98 Å². The molecule has 0 saturated heterocycles. The number of fused-ring (bicyclic) bond motifs is 1. The van der Waals surface area contributed by atoms with Gasteiger partial charge < -0.3 is 10.6 Å². The van der Waals surface area contributed by atoms with Crippen LogP contribution in [0.4, 0.5) is 20.2 Å². The number of rotatable bonds is 5. The topological polar surface area (TPSA) is 54.0 Å². The van der Waals surface area contributed by atoms with Crippen LogP contribution in [-0.4, -0.2) is 10.9 Å². The van der Waals surface area contributed by atoms with Gasteiger partial charge in [0.25, 0.3) is 5.91 Å². The normalized spacial score (nSPS) is 11.8. The molecule has 4 aromatic rings. The van der Waals surface area contributed by atoms with E-state index in [1.54, 1.807) is 48.7 Å². The fraction of sp³-hybridized carbons (Fsp3) is 0.0435. The van der Waals surface area contributed by atoms with Crippen LogP contribution in [0.3, 0.4) is 0 Å². The molecule has 1 aromatic heterocycles. The largest absolute Gasteiger partial charge is 0.368 e. The Hall–Kier alpha value is -3.51. The molecule has 0 aliphatic carbocycles. The van der Waals surface area contributed by atoms with Gasteiger partial charge in [-0.15, -0.1) is 0 Å². The molecule has 0 aliphatic rings. The van der Waals surface area contributed by atoms with Gasteiger partial charge in [-0.25, -0.2) is 8.78 Å². The Balaban J connectivity index is 1.70. The molecule has 4 nitrogen and oxygen atoms in total. The highest BCUT2D eigenvalue weighted by Gasteiger charge is 2.23. The lowest BCUT2D eigenvalue weighted by Crippen LogP contribution is -2.27. The van der Waals surface area contributed by atoms with Crippen LogP contribution in [0.1, 0.15) is 11.6 Å². The molecule has 0 aliphatic heterocycles. The van der Waals surface area contributed by atoms with Crippen molar-refractivity contribution in [2.24, 2.45) is 0 Å². The predicted molar refractivity (Wildman–Crippen MR) is 115 cm³/mol.